The zero-order chi connectivity index (χ0) is 23.1. The van der Waals surface area contributed by atoms with Gasteiger partial charge in [0.25, 0.3) is 11.8 Å². The van der Waals surface area contributed by atoms with Crippen LogP contribution < -0.4 is 16.4 Å². The molecule has 0 aromatic heterocycles. The zero-order valence-electron chi connectivity index (χ0n) is 16.6. The minimum absolute atomic E-state index is 0.435. The molecule has 0 aromatic carbocycles. The van der Waals surface area contributed by atoms with Crippen LogP contribution in [0.1, 0.15) is 20.8 Å². The van der Waals surface area contributed by atoms with Crippen LogP contribution in [0.2, 0.25) is 0 Å². The summed E-state index contributed by atoms with van der Waals surface area (Å²) in [5, 5.41) is 4.05. The number of ether oxygens (including phenoxy) is 4. The number of aliphatic imine (C=N–C) groups is 1. The van der Waals surface area contributed by atoms with Gasteiger partial charge in [-0.25, -0.2) is 9.79 Å². The second kappa shape index (κ2) is 7.82. The van der Waals surface area contributed by atoms with Crippen LogP contribution in [-0.2, 0) is 42.9 Å². The van der Waals surface area contributed by atoms with Crippen molar-refractivity contribution in [2.24, 2.45) is 10.7 Å². The molecule has 15 heteroatoms. The summed E-state index contributed by atoms with van der Waals surface area (Å²) >= 11 is 0. The molecule has 3 aliphatic rings. The van der Waals surface area contributed by atoms with Crippen LogP contribution >= 0.6 is 0 Å². The maximum absolute atomic E-state index is 12.6. The van der Waals surface area contributed by atoms with E-state index in [1.165, 1.54) is 0 Å². The van der Waals surface area contributed by atoms with Gasteiger partial charge in [0.15, 0.2) is 24.4 Å². The number of urea groups is 1. The summed E-state index contributed by atoms with van der Waals surface area (Å²) in [5.41, 5.74) is 3.04. The number of imide groups is 1. The Morgan fingerprint density at radius 1 is 1.13 bits per heavy atom. The molecule has 0 saturated carbocycles. The number of guanidine groups is 1. The lowest BCUT2D eigenvalue weighted by Gasteiger charge is -2.33. The van der Waals surface area contributed by atoms with Gasteiger partial charge in [0.05, 0.1) is 0 Å². The normalized spacial score (nSPS) is 31.9. The van der Waals surface area contributed by atoms with Crippen molar-refractivity contribution in [3.63, 3.8) is 0 Å². The minimum atomic E-state index is -2.47. The number of hydrogen-bond acceptors (Lipinski definition) is 12. The fraction of sp³-hybridized carbons (Fsp3) is 0.562. The number of esters is 3. The first-order chi connectivity index (χ1) is 14.5. The van der Waals surface area contributed by atoms with Gasteiger partial charge in [-0.2, -0.15) is 0 Å². The second-order valence-corrected chi connectivity index (χ2v) is 6.77. The van der Waals surface area contributed by atoms with E-state index in [0.717, 1.165) is 20.8 Å². The second-order valence-electron chi connectivity index (χ2n) is 6.77. The van der Waals surface area contributed by atoms with Crippen molar-refractivity contribution in [3.05, 3.63) is 0 Å². The van der Waals surface area contributed by atoms with Gasteiger partial charge in [0, 0.05) is 20.8 Å². The average Bonchev–Trinajstić information content (AvgIpc) is 3.19. The van der Waals surface area contributed by atoms with Crippen LogP contribution in [-0.4, -0.2) is 83.4 Å². The summed E-state index contributed by atoms with van der Waals surface area (Å²) < 4.78 is 21.0. The van der Waals surface area contributed by atoms with E-state index >= 15 is 0 Å². The lowest BCUT2D eigenvalue weighted by molar-refractivity contribution is -0.169. The van der Waals surface area contributed by atoms with Crippen molar-refractivity contribution in [2.45, 2.75) is 51.0 Å². The molecule has 31 heavy (non-hydrogen) atoms. The van der Waals surface area contributed by atoms with E-state index in [4.69, 9.17) is 24.7 Å². The first kappa shape index (κ1) is 21.9. The van der Waals surface area contributed by atoms with Crippen molar-refractivity contribution < 1.29 is 47.7 Å². The Morgan fingerprint density at radius 3 is 2.26 bits per heavy atom. The highest BCUT2D eigenvalue weighted by molar-refractivity contribution is 6.25. The van der Waals surface area contributed by atoms with Crippen LogP contribution in [0.25, 0.3) is 0 Å². The molecule has 3 heterocycles. The number of hydrogen-bond donors (Lipinski definition) is 3. The molecule has 4 amide bonds. The molecular formula is C16H19N5O10. The van der Waals surface area contributed by atoms with Crippen molar-refractivity contribution in [1.29, 1.82) is 0 Å². The monoisotopic (exact) mass is 443 g/mol. The lowest BCUT2D eigenvalue weighted by Crippen LogP contribution is -2.61. The van der Waals surface area contributed by atoms with Crippen molar-refractivity contribution >= 4 is 41.7 Å². The van der Waals surface area contributed by atoms with Gasteiger partial charge >= 0.3 is 29.6 Å². The van der Waals surface area contributed by atoms with E-state index in [2.05, 4.69) is 10.3 Å². The Labute approximate surface area is 174 Å². The molecule has 0 bridgehead atoms. The lowest BCUT2D eigenvalue weighted by atomic mass is 10.1. The smallest absolute Gasteiger partial charge is 0.329 e. The average molecular weight is 443 g/mol. The maximum atomic E-state index is 12.6. The summed E-state index contributed by atoms with van der Waals surface area (Å²) in [4.78, 5) is 76.6. The Kier molecular flexibility index (Phi) is 5.54. The summed E-state index contributed by atoms with van der Waals surface area (Å²) in [7, 11) is 0. The van der Waals surface area contributed by atoms with Gasteiger partial charge in [-0.15, -0.1) is 0 Å². The van der Waals surface area contributed by atoms with Crippen molar-refractivity contribution in [2.75, 3.05) is 6.61 Å². The molecule has 1 spiro atoms. The van der Waals surface area contributed by atoms with E-state index in [1.54, 1.807) is 0 Å². The number of nitrogens with two attached hydrogens (primary N) is 1. The first-order valence-electron chi connectivity index (χ1n) is 8.92. The first-order valence-corrected chi connectivity index (χ1v) is 8.92. The molecule has 0 radical (unpaired) electrons. The van der Waals surface area contributed by atoms with E-state index in [-0.39, 0.29) is 0 Å². The summed E-state index contributed by atoms with van der Waals surface area (Å²) in [6, 6.07) is -1.10. The molecule has 15 nitrogen and oxygen atoms in total. The van der Waals surface area contributed by atoms with Crippen molar-refractivity contribution in [1.82, 2.24) is 15.5 Å². The number of carbonyl (C=O) groups is 6. The number of nitrogens with one attached hydrogen (secondary N) is 2. The van der Waals surface area contributed by atoms with Crippen LogP contribution in [0, 0.1) is 0 Å². The highest BCUT2D eigenvalue weighted by atomic mass is 18.1. The third-order valence-corrected chi connectivity index (χ3v) is 4.54. The topological polar surface area (TPSA) is 205 Å². The van der Waals surface area contributed by atoms with Gasteiger partial charge in [0.2, 0.25) is 0 Å². The highest BCUT2D eigenvalue weighted by Gasteiger charge is 2.68. The molecule has 2 fully saturated rings. The van der Waals surface area contributed by atoms with Gasteiger partial charge in [-0.3, -0.25) is 39.5 Å². The van der Waals surface area contributed by atoms with Crippen LogP contribution in [0.3, 0.4) is 0 Å². The Bertz CT molecular complexity index is 903. The van der Waals surface area contributed by atoms with Crippen LogP contribution in [0.4, 0.5) is 4.79 Å². The van der Waals surface area contributed by atoms with Crippen molar-refractivity contribution in [3.8, 4) is 0 Å². The number of amides is 4. The summed E-state index contributed by atoms with van der Waals surface area (Å²) in [5.74, 6) is -4.93. The zero-order valence-corrected chi connectivity index (χ0v) is 16.6. The van der Waals surface area contributed by atoms with Gasteiger partial charge in [-0.1, -0.05) is 0 Å². The number of nitrogens with zero attached hydrogens (tertiary/aromatic N) is 2. The molecule has 5 atom stereocenters. The minimum Gasteiger partial charge on any atom is -0.463 e. The molecule has 0 aromatic rings. The van der Waals surface area contributed by atoms with Crippen LogP contribution in [0.5, 0.6) is 0 Å². The molecule has 3 aliphatic heterocycles. The summed E-state index contributed by atoms with van der Waals surface area (Å²) in [6.45, 7) is 2.79. The van der Waals surface area contributed by atoms with Gasteiger partial charge in [0.1, 0.15) is 12.7 Å². The Hall–Kier alpha value is -3.75. The molecule has 1 unspecified atom stereocenters. The predicted molar refractivity (Wildman–Crippen MR) is 94.3 cm³/mol. The molecule has 168 valence electrons. The third-order valence-electron chi connectivity index (χ3n) is 4.54. The molecule has 4 N–H and O–H groups in total. The molecular weight excluding hydrogens is 424 g/mol. The van der Waals surface area contributed by atoms with Crippen LogP contribution in [0.15, 0.2) is 4.99 Å². The molecule has 3 rings (SSSR count). The Balaban J connectivity index is 2.05. The quantitative estimate of drug-likeness (QED) is 0.127. The largest absolute Gasteiger partial charge is 0.463 e. The number of carbonyl (C=O) groups excluding carboxylic acids is 6. The van der Waals surface area contributed by atoms with Gasteiger partial charge in [-0.05, 0) is 0 Å². The number of rotatable bonds is 5. The van der Waals surface area contributed by atoms with E-state index < -0.39 is 78.5 Å². The Morgan fingerprint density at radius 2 is 1.74 bits per heavy atom. The fourth-order valence-corrected chi connectivity index (χ4v) is 3.47. The van der Waals surface area contributed by atoms with E-state index in [0.29, 0.717) is 4.90 Å². The van der Waals surface area contributed by atoms with E-state index in [1.807, 2.05) is 5.32 Å². The highest BCUT2D eigenvalue weighted by Crippen LogP contribution is 2.37. The SMILES string of the molecule is CC(=O)OC[C@H]1O[C@@H](N2C(=O)NC(=[18O])C23N=C(N)NC3=O)[C@H](OC(C)=O)[C@@H]1OC(C)=O. The predicted octanol–water partition coefficient (Wildman–Crippen LogP) is -3.17. The third kappa shape index (κ3) is 3.74. The summed E-state index contributed by atoms with van der Waals surface area (Å²) in [6.07, 6.45) is -5.70. The molecule has 0 aliphatic carbocycles. The maximum Gasteiger partial charge on any atom is 0.329 e. The standard InChI is InChI=1S/C16H19N5O10/c1-5(22)28-4-8-9(29-6(2)23)10(30-7(3)24)11(31-8)21-15(27)19-13(26)16(21)12(25)18-14(17)20-16/h8-11H,4H2,1-3H3,(H,19,26,27)(H3,17,18,20,25)/t8-,9-,10-,11-,16?/m1/s1/i26+2. The molecule has 2 saturated heterocycles. The van der Waals surface area contributed by atoms with Gasteiger partial charge < -0.3 is 24.7 Å². The van der Waals surface area contributed by atoms with E-state index in [9.17, 15) is 28.8 Å². The fourth-order valence-electron chi connectivity index (χ4n) is 3.47.